The van der Waals surface area contributed by atoms with Gasteiger partial charge in [-0.2, -0.15) is 0 Å². The quantitative estimate of drug-likeness (QED) is 0.680. The number of alkyl halides is 2. The standard InChI is InChI=1S/C10H14Br2O/c1-9-4-3-6(7(12)8(9)13)10(9,2)5-11/h6-7H,3-5H2,1-2H3/t6-,7?,9+,10?/m0/s1. The lowest BCUT2D eigenvalue weighted by Gasteiger charge is -2.34. The zero-order valence-corrected chi connectivity index (χ0v) is 11.1. The van der Waals surface area contributed by atoms with Crippen molar-refractivity contribution < 1.29 is 4.79 Å². The first kappa shape index (κ1) is 10.2. The Labute approximate surface area is 95.9 Å². The van der Waals surface area contributed by atoms with Crippen molar-refractivity contribution in [3.05, 3.63) is 0 Å². The van der Waals surface area contributed by atoms with Gasteiger partial charge in [-0.1, -0.05) is 45.7 Å². The van der Waals surface area contributed by atoms with Crippen LogP contribution in [-0.4, -0.2) is 15.9 Å². The number of carbonyl (C=O) groups is 1. The Morgan fingerprint density at radius 3 is 2.46 bits per heavy atom. The Bertz CT molecular complexity index is 266. The van der Waals surface area contributed by atoms with E-state index in [1.54, 1.807) is 0 Å². The van der Waals surface area contributed by atoms with Crippen LogP contribution in [0.3, 0.4) is 0 Å². The Hall–Kier alpha value is 0.630. The number of carbonyl (C=O) groups excluding carboxylic acids is 1. The van der Waals surface area contributed by atoms with Gasteiger partial charge in [0.15, 0.2) is 5.78 Å². The molecule has 2 fully saturated rings. The van der Waals surface area contributed by atoms with Crippen LogP contribution in [-0.2, 0) is 4.79 Å². The summed E-state index contributed by atoms with van der Waals surface area (Å²) in [6.45, 7) is 4.39. The molecular formula is C10H14Br2O. The van der Waals surface area contributed by atoms with E-state index in [9.17, 15) is 4.79 Å². The van der Waals surface area contributed by atoms with E-state index in [2.05, 4.69) is 45.7 Å². The minimum Gasteiger partial charge on any atom is -0.298 e. The third-order valence-electron chi connectivity index (χ3n) is 4.46. The number of Topliss-reactive ketones (excluding diaryl/α,β-unsaturated/α-hetero) is 1. The van der Waals surface area contributed by atoms with Crippen LogP contribution in [0, 0.1) is 16.7 Å². The lowest BCUT2D eigenvalue weighted by Crippen LogP contribution is -2.36. The highest BCUT2D eigenvalue weighted by molar-refractivity contribution is 9.10. The van der Waals surface area contributed by atoms with Crippen LogP contribution < -0.4 is 0 Å². The van der Waals surface area contributed by atoms with Gasteiger partial charge in [-0.05, 0) is 24.2 Å². The number of halogens is 2. The highest BCUT2D eigenvalue weighted by Gasteiger charge is 2.67. The SMILES string of the molecule is CC1(CBr)[C@H]2CC[C@]1(C)C(=O)C2Br. The predicted octanol–water partition coefficient (Wildman–Crippen LogP) is 3.15. The van der Waals surface area contributed by atoms with E-state index in [0.29, 0.717) is 11.7 Å². The Morgan fingerprint density at radius 2 is 2.15 bits per heavy atom. The van der Waals surface area contributed by atoms with Gasteiger partial charge in [0, 0.05) is 10.7 Å². The fourth-order valence-corrected chi connectivity index (χ4v) is 5.45. The van der Waals surface area contributed by atoms with Crippen LogP contribution in [0.4, 0.5) is 0 Å². The summed E-state index contributed by atoms with van der Waals surface area (Å²) in [6.07, 6.45) is 2.26. The summed E-state index contributed by atoms with van der Waals surface area (Å²) in [5.41, 5.74) is 0.0770. The summed E-state index contributed by atoms with van der Waals surface area (Å²) in [5.74, 6) is 0.954. The maximum absolute atomic E-state index is 12.0. The average molecular weight is 310 g/mol. The molecule has 0 aromatic heterocycles. The Morgan fingerprint density at radius 1 is 1.54 bits per heavy atom. The summed E-state index contributed by atoms with van der Waals surface area (Å²) in [4.78, 5) is 12.1. The van der Waals surface area contributed by atoms with Crippen molar-refractivity contribution >= 4 is 37.6 Å². The van der Waals surface area contributed by atoms with E-state index in [-0.39, 0.29) is 15.7 Å². The van der Waals surface area contributed by atoms with Crippen LogP contribution in [0.1, 0.15) is 26.7 Å². The second-order valence-electron chi connectivity index (χ2n) is 4.79. The maximum Gasteiger partial charge on any atom is 0.153 e. The minimum absolute atomic E-state index is 0.0880. The summed E-state index contributed by atoms with van der Waals surface area (Å²) in [6, 6.07) is 0. The van der Waals surface area contributed by atoms with Crippen molar-refractivity contribution in [2.45, 2.75) is 31.5 Å². The second kappa shape index (κ2) is 2.82. The van der Waals surface area contributed by atoms with Gasteiger partial charge in [-0.3, -0.25) is 4.79 Å². The molecule has 0 saturated heterocycles. The first-order valence-corrected chi connectivity index (χ1v) is 6.75. The van der Waals surface area contributed by atoms with Crippen molar-refractivity contribution in [1.29, 1.82) is 0 Å². The molecule has 4 atom stereocenters. The van der Waals surface area contributed by atoms with Crippen molar-refractivity contribution in [3.8, 4) is 0 Å². The highest BCUT2D eigenvalue weighted by Crippen LogP contribution is 2.65. The normalized spacial score (nSPS) is 54.6. The van der Waals surface area contributed by atoms with Crippen LogP contribution in [0.15, 0.2) is 0 Å². The molecule has 2 bridgehead atoms. The fraction of sp³-hybridized carbons (Fsp3) is 0.900. The molecule has 3 heteroatoms. The number of fused-ring (bicyclic) bond motifs is 2. The van der Waals surface area contributed by atoms with E-state index in [4.69, 9.17) is 0 Å². The summed E-state index contributed by atoms with van der Waals surface area (Å²) < 4.78 is 0. The maximum atomic E-state index is 12.0. The molecule has 0 aromatic rings. The molecule has 0 radical (unpaired) electrons. The van der Waals surface area contributed by atoms with E-state index in [1.807, 2.05) is 0 Å². The third-order valence-corrected chi connectivity index (χ3v) is 6.68. The monoisotopic (exact) mass is 308 g/mol. The number of hydrogen-bond donors (Lipinski definition) is 0. The molecule has 2 saturated carbocycles. The number of ketones is 1. The molecule has 0 aromatic carbocycles. The molecule has 0 N–H and O–H groups in total. The molecule has 1 nitrogen and oxygen atoms in total. The van der Waals surface area contributed by atoms with Gasteiger partial charge in [-0.25, -0.2) is 0 Å². The largest absolute Gasteiger partial charge is 0.298 e. The third kappa shape index (κ3) is 0.956. The summed E-state index contributed by atoms with van der Waals surface area (Å²) >= 11 is 7.11. The lowest BCUT2D eigenvalue weighted by atomic mass is 9.70. The van der Waals surface area contributed by atoms with Gasteiger partial charge in [0.2, 0.25) is 0 Å². The lowest BCUT2D eigenvalue weighted by molar-refractivity contribution is -0.127. The zero-order chi connectivity index (χ0) is 9.85. The van der Waals surface area contributed by atoms with Crippen LogP contribution in [0.5, 0.6) is 0 Å². The van der Waals surface area contributed by atoms with Crippen molar-refractivity contribution in [3.63, 3.8) is 0 Å². The van der Waals surface area contributed by atoms with E-state index < -0.39 is 0 Å². The van der Waals surface area contributed by atoms with E-state index in [0.717, 1.165) is 11.8 Å². The zero-order valence-electron chi connectivity index (χ0n) is 7.94. The molecule has 0 spiro atoms. The first-order valence-electron chi connectivity index (χ1n) is 4.72. The number of rotatable bonds is 1. The molecular weight excluding hydrogens is 296 g/mol. The molecule has 0 heterocycles. The van der Waals surface area contributed by atoms with Gasteiger partial charge in [0.05, 0.1) is 4.83 Å². The van der Waals surface area contributed by atoms with Gasteiger partial charge < -0.3 is 0 Å². The van der Waals surface area contributed by atoms with Gasteiger partial charge in [-0.15, -0.1) is 0 Å². The smallest absolute Gasteiger partial charge is 0.153 e. The molecule has 0 amide bonds. The van der Waals surface area contributed by atoms with Crippen LogP contribution >= 0.6 is 31.9 Å². The molecule has 74 valence electrons. The van der Waals surface area contributed by atoms with Gasteiger partial charge in [0.1, 0.15) is 0 Å². The average Bonchev–Trinajstić information content (AvgIpc) is 2.44. The first-order chi connectivity index (χ1) is 5.97. The minimum atomic E-state index is -0.0880. The predicted molar refractivity (Wildman–Crippen MR) is 60.5 cm³/mol. The Balaban J connectivity index is 2.49. The molecule has 2 aliphatic rings. The van der Waals surface area contributed by atoms with Gasteiger partial charge >= 0.3 is 0 Å². The van der Waals surface area contributed by atoms with Crippen LogP contribution in [0.25, 0.3) is 0 Å². The van der Waals surface area contributed by atoms with E-state index >= 15 is 0 Å². The number of hydrogen-bond acceptors (Lipinski definition) is 1. The topological polar surface area (TPSA) is 17.1 Å². The van der Waals surface area contributed by atoms with Crippen LogP contribution in [0.2, 0.25) is 0 Å². The fourth-order valence-electron chi connectivity index (χ4n) is 3.07. The Kier molecular flexibility index (Phi) is 2.20. The van der Waals surface area contributed by atoms with E-state index in [1.165, 1.54) is 6.42 Å². The second-order valence-corrected chi connectivity index (χ2v) is 6.34. The van der Waals surface area contributed by atoms with Crippen molar-refractivity contribution in [1.82, 2.24) is 0 Å². The van der Waals surface area contributed by atoms with Crippen molar-refractivity contribution in [2.75, 3.05) is 5.33 Å². The molecule has 13 heavy (non-hydrogen) atoms. The highest BCUT2D eigenvalue weighted by atomic mass is 79.9. The molecule has 0 aliphatic heterocycles. The summed E-state index contributed by atoms with van der Waals surface area (Å²) in [7, 11) is 0. The molecule has 2 rings (SSSR count). The van der Waals surface area contributed by atoms with Crippen molar-refractivity contribution in [2.24, 2.45) is 16.7 Å². The van der Waals surface area contributed by atoms with Gasteiger partial charge in [0.25, 0.3) is 0 Å². The summed E-state index contributed by atoms with van der Waals surface area (Å²) in [5, 5.41) is 0.939. The molecule has 2 unspecified atom stereocenters. The molecule has 2 aliphatic carbocycles.